The molecule has 0 aliphatic carbocycles. The van der Waals surface area contributed by atoms with Crippen LogP contribution in [-0.4, -0.2) is 18.4 Å². The van der Waals surface area contributed by atoms with E-state index < -0.39 is 11.8 Å². The van der Waals surface area contributed by atoms with Gasteiger partial charge < -0.3 is 15.4 Å². The third-order valence-corrected chi connectivity index (χ3v) is 3.62. The third-order valence-electron chi connectivity index (χ3n) is 3.07. The number of halogens is 2. The summed E-state index contributed by atoms with van der Waals surface area (Å²) in [5, 5.41) is 5.68. The molecule has 0 bridgehead atoms. The first-order valence-electron chi connectivity index (χ1n) is 7.25. The second kappa shape index (κ2) is 8.57. The normalized spacial score (nSPS) is 10.1. The zero-order chi connectivity index (χ0) is 17.5. The van der Waals surface area contributed by atoms with Crippen molar-refractivity contribution in [2.45, 2.75) is 13.5 Å². The van der Waals surface area contributed by atoms with Crippen molar-refractivity contribution < 1.29 is 14.3 Å². The fourth-order valence-electron chi connectivity index (χ4n) is 1.90. The predicted octanol–water partition coefficient (Wildman–Crippen LogP) is 3.65. The van der Waals surface area contributed by atoms with Crippen LogP contribution >= 0.6 is 23.2 Å². The molecule has 0 aliphatic heterocycles. The van der Waals surface area contributed by atoms with E-state index in [2.05, 4.69) is 10.6 Å². The van der Waals surface area contributed by atoms with E-state index in [-0.39, 0.29) is 11.6 Å². The highest BCUT2D eigenvalue weighted by Crippen LogP contribution is 2.25. The van der Waals surface area contributed by atoms with E-state index in [4.69, 9.17) is 27.9 Å². The highest BCUT2D eigenvalue weighted by molar-refractivity contribution is 6.42. The first kappa shape index (κ1) is 18.1. The van der Waals surface area contributed by atoms with Crippen molar-refractivity contribution in [1.82, 2.24) is 5.32 Å². The zero-order valence-electron chi connectivity index (χ0n) is 12.9. The van der Waals surface area contributed by atoms with Crippen LogP contribution in [0.5, 0.6) is 5.75 Å². The van der Waals surface area contributed by atoms with Crippen LogP contribution in [0.3, 0.4) is 0 Å². The molecule has 2 N–H and O–H groups in total. The number of hydrogen-bond acceptors (Lipinski definition) is 3. The number of anilines is 1. The van der Waals surface area contributed by atoms with Crippen molar-refractivity contribution in [1.29, 1.82) is 0 Å². The summed E-state index contributed by atoms with van der Waals surface area (Å²) in [6, 6.07) is 11.8. The van der Waals surface area contributed by atoms with Crippen molar-refractivity contribution in [3.63, 3.8) is 0 Å². The predicted molar refractivity (Wildman–Crippen MR) is 94.5 cm³/mol. The second-order valence-corrected chi connectivity index (χ2v) is 5.68. The molecule has 2 aromatic rings. The molecule has 0 atom stereocenters. The van der Waals surface area contributed by atoms with Gasteiger partial charge in [-0.05, 0) is 42.8 Å². The Kier molecular flexibility index (Phi) is 6.46. The number of carbonyl (C=O) groups is 2. The summed E-state index contributed by atoms with van der Waals surface area (Å²) in [6.07, 6.45) is 0. The van der Waals surface area contributed by atoms with Crippen molar-refractivity contribution in [3.8, 4) is 5.75 Å². The van der Waals surface area contributed by atoms with Crippen LogP contribution in [0.2, 0.25) is 10.0 Å². The number of hydrogen-bond donors (Lipinski definition) is 2. The number of rotatable bonds is 5. The second-order valence-electron chi connectivity index (χ2n) is 4.84. The molecule has 0 unspecified atom stereocenters. The molecule has 126 valence electrons. The Bertz CT molecular complexity index is 733. The van der Waals surface area contributed by atoms with E-state index in [0.717, 1.165) is 11.3 Å². The summed E-state index contributed by atoms with van der Waals surface area (Å²) in [7, 11) is 0. The van der Waals surface area contributed by atoms with E-state index in [1.54, 1.807) is 18.2 Å². The highest BCUT2D eigenvalue weighted by atomic mass is 35.5. The molecule has 5 nitrogen and oxygen atoms in total. The van der Waals surface area contributed by atoms with E-state index in [1.165, 1.54) is 12.1 Å². The smallest absolute Gasteiger partial charge is 0.313 e. The van der Waals surface area contributed by atoms with Gasteiger partial charge in [-0.2, -0.15) is 0 Å². The Balaban J connectivity index is 1.88. The van der Waals surface area contributed by atoms with Crippen molar-refractivity contribution in [3.05, 3.63) is 58.1 Å². The molecule has 0 heterocycles. The van der Waals surface area contributed by atoms with Gasteiger partial charge in [-0.25, -0.2) is 0 Å². The number of benzene rings is 2. The van der Waals surface area contributed by atoms with Gasteiger partial charge in [0.1, 0.15) is 5.75 Å². The minimum Gasteiger partial charge on any atom is -0.494 e. The minimum atomic E-state index is -0.801. The van der Waals surface area contributed by atoms with Crippen LogP contribution in [0.1, 0.15) is 12.5 Å². The monoisotopic (exact) mass is 366 g/mol. The van der Waals surface area contributed by atoms with Crippen LogP contribution in [0.25, 0.3) is 0 Å². The Labute approximate surface area is 149 Å². The van der Waals surface area contributed by atoms with Crippen LogP contribution in [0.4, 0.5) is 5.69 Å². The number of amides is 2. The molecule has 7 heteroatoms. The maximum Gasteiger partial charge on any atom is 0.313 e. The lowest BCUT2D eigenvalue weighted by molar-refractivity contribution is -0.136. The molecular formula is C17H16Cl2N2O3. The van der Waals surface area contributed by atoms with Crippen LogP contribution < -0.4 is 15.4 Å². The Morgan fingerprint density at radius 2 is 1.75 bits per heavy atom. The molecule has 0 fully saturated rings. The van der Waals surface area contributed by atoms with Crippen LogP contribution in [0, 0.1) is 0 Å². The summed E-state index contributed by atoms with van der Waals surface area (Å²) in [4.78, 5) is 23.7. The standard InChI is InChI=1S/C17H16Cl2N2O3/c1-2-24-13-6-3-11(4-7-13)10-20-16(22)17(23)21-15-8-5-12(18)9-14(15)19/h3-9H,2,10H2,1H3,(H,20,22)(H,21,23). The van der Waals surface area contributed by atoms with Gasteiger partial charge in [0.15, 0.2) is 0 Å². The molecule has 2 rings (SSSR count). The van der Waals surface area contributed by atoms with Crippen LogP contribution in [-0.2, 0) is 16.1 Å². The Hall–Kier alpha value is -2.24. The van der Waals surface area contributed by atoms with Gasteiger partial charge in [-0.15, -0.1) is 0 Å². The largest absolute Gasteiger partial charge is 0.494 e. The molecule has 0 aromatic heterocycles. The maximum atomic E-state index is 11.9. The molecule has 2 amide bonds. The molecule has 0 spiro atoms. The lowest BCUT2D eigenvalue weighted by Crippen LogP contribution is -2.35. The molecule has 0 radical (unpaired) electrons. The Morgan fingerprint density at radius 1 is 1.04 bits per heavy atom. The van der Waals surface area contributed by atoms with Crippen molar-refractivity contribution in [2.75, 3.05) is 11.9 Å². The first-order valence-corrected chi connectivity index (χ1v) is 8.01. The van der Waals surface area contributed by atoms with Crippen molar-refractivity contribution in [2.24, 2.45) is 0 Å². The molecule has 0 saturated carbocycles. The van der Waals surface area contributed by atoms with E-state index in [0.29, 0.717) is 17.3 Å². The van der Waals surface area contributed by atoms with Gasteiger partial charge in [0.05, 0.1) is 17.3 Å². The van der Waals surface area contributed by atoms with Gasteiger partial charge in [0.2, 0.25) is 0 Å². The lowest BCUT2D eigenvalue weighted by atomic mass is 10.2. The van der Waals surface area contributed by atoms with Gasteiger partial charge in [-0.1, -0.05) is 35.3 Å². The average molecular weight is 367 g/mol. The van der Waals surface area contributed by atoms with Gasteiger partial charge in [0, 0.05) is 11.6 Å². The minimum absolute atomic E-state index is 0.229. The van der Waals surface area contributed by atoms with Gasteiger partial charge >= 0.3 is 11.8 Å². The van der Waals surface area contributed by atoms with Gasteiger partial charge in [0.25, 0.3) is 0 Å². The quantitative estimate of drug-likeness (QED) is 0.793. The number of carbonyl (C=O) groups excluding carboxylic acids is 2. The SMILES string of the molecule is CCOc1ccc(CNC(=O)C(=O)Nc2ccc(Cl)cc2Cl)cc1. The van der Waals surface area contributed by atoms with E-state index in [9.17, 15) is 9.59 Å². The fraction of sp³-hybridized carbons (Fsp3) is 0.176. The van der Waals surface area contributed by atoms with E-state index in [1.807, 2.05) is 19.1 Å². The first-order chi connectivity index (χ1) is 11.5. The summed E-state index contributed by atoms with van der Waals surface area (Å²) >= 11 is 11.7. The lowest BCUT2D eigenvalue weighted by Gasteiger charge is -2.09. The zero-order valence-corrected chi connectivity index (χ0v) is 14.4. The average Bonchev–Trinajstić information content (AvgIpc) is 2.56. The summed E-state index contributed by atoms with van der Waals surface area (Å²) in [6.45, 7) is 2.72. The number of ether oxygens (including phenoxy) is 1. The molecule has 24 heavy (non-hydrogen) atoms. The summed E-state index contributed by atoms with van der Waals surface area (Å²) in [5.74, 6) is -0.803. The summed E-state index contributed by atoms with van der Waals surface area (Å²) < 4.78 is 5.34. The maximum absolute atomic E-state index is 11.9. The molecule has 2 aromatic carbocycles. The molecule has 0 aliphatic rings. The fourth-order valence-corrected chi connectivity index (χ4v) is 2.36. The van der Waals surface area contributed by atoms with Crippen molar-refractivity contribution >= 4 is 40.7 Å². The van der Waals surface area contributed by atoms with E-state index >= 15 is 0 Å². The summed E-state index contributed by atoms with van der Waals surface area (Å²) in [5.41, 5.74) is 1.17. The van der Waals surface area contributed by atoms with Crippen LogP contribution in [0.15, 0.2) is 42.5 Å². The molecule has 0 saturated heterocycles. The highest BCUT2D eigenvalue weighted by Gasteiger charge is 2.15. The number of nitrogens with one attached hydrogen (secondary N) is 2. The third kappa shape index (κ3) is 5.15. The Morgan fingerprint density at radius 3 is 2.38 bits per heavy atom. The molecular weight excluding hydrogens is 351 g/mol. The van der Waals surface area contributed by atoms with Gasteiger partial charge in [-0.3, -0.25) is 9.59 Å². The topological polar surface area (TPSA) is 67.4 Å².